The number of cyclic esters (lactones) is 1. The molecular formula is C33H53F3N6O7. The maximum Gasteiger partial charge on any atom is 0.410 e. The van der Waals surface area contributed by atoms with Crippen LogP contribution in [0.15, 0.2) is 12.7 Å². The summed E-state index contributed by atoms with van der Waals surface area (Å²) in [6.07, 6.45) is -4.50. The minimum atomic E-state index is -4.39. The van der Waals surface area contributed by atoms with Gasteiger partial charge in [0, 0.05) is 26.1 Å². The van der Waals surface area contributed by atoms with Gasteiger partial charge in [0.2, 0.25) is 17.6 Å². The van der Waals surface area contributed by atoms with E-state index in [9.17, 15) is 41.9 Å². The van der Waals surface area contributed by atoms with Gasteiger partial charge in [-0.3, -0.25) is 19.2 Å². The molecule has 6 amide bonds. The van der Waals surface area contributed by atoms with Crippen molar-refractivity contribution in [3.8, 4) is 0 Å². The van der Waals surface area contributed by atoms with Crippen LogP contribution in [0.4, 0.5) is 22.8 Å². The van der Waals surface area contributed by atoms with Crippen LogP contribution in [-0.4, -0.2) is 109 Å². The fraction of sp³-hybridized carbons (Fsp3) is 0.758. The number of ketones is 1. The summed E-state index contributed by atoms with van der Waals surface area (Å²) in [7, 11) is 0. The Balaban J connectivity index is 2.20. The maximum atomic E-state index is 14.0. The Kier molecular flexibility index (Phi) is 15.4. The zero-order chi connectivity index (χ0) is 37.1. The molecule has 278 valence electrons. The van der Waals surface area contributed by atoms with Crippen molar-refractivity contribution in [2.75, 3.05) is 32.8 Å². The second-order valence-corrected chi connectivity index (χ2v) is 14.2. The lowest BCUT2D eigenvalue weighted by molar-refractivity contribution is -0.144. The molecule has 0 radical (unpaired) electrons. The average molecular weight is 703 g/mol. The minimum Gasteiger partial charge on any atom is -0.448 e. The van der Waals surface area contributed by atoms with Gasteiger partial charge < -0.3 is 35.8 Å². The first kappa shape index (κ1) is 41.3. The van der Waals surface area contributed by atoms with Crippen LogP contribution in [0.1, 0.15) is 80.1 Å². The van der Waals surface area contributed by atoms with Crippen molar-refractivity contribution in [3.63, 3.8) is 0 Å². The summed E-state index contributed by atoms with van der Waals surface area (Å²) in [6.45, 7) is 15.7. The number of likely N-dealkylation sites (tertiary alicyclic amines) is 1. The molecule has 16 heteroatoms. The van der Waals surface area contributed by atoms with E-state index in [4.69, 9.17) is 4.74 Å². The molecule has 5 atom stereocenters. The molecule has 0 aromatic heterocycles. The first-order valence-corrected chi connectivity index (χ1v) is 16.9. The van der Waals surface area contributed by atoms with Crippen LogP contribution < -0.4 is 21.3 Å². The maximum absolute atomic E-state index is 14.0. The lowest BCUT2D eigenvalue weighted by atomic mass is 9.85. The number of amides is 6. The van der Waals surface area contributed by atoms with E-state index >= 15 is 0 Å². The number of carbonyl (C=O) groups is 6. The molecule has 2 unspecified atom stereocenters. The van der Waals surface area contributed by atoms with Crippen LogP contribution in [0.3, 0.4) is 0 Å². The first-order chi connectivity index (χ1) is 22.8. The molecule has 0 aromatic rings. The van der Waals surface area contributed by atoms with E-state index in [1.807, 2.05) is 20.8 Å². The van der Waals surface area contributed by atoms with E-state index in [0.29, 0.717) is 13.0 Å². The second-order valence-electron chi connectivity index (χ2n) is 14.2. The number of unbranched alkanes of at least 4 members (excludes halogenated alkanes) is 1. The number of rotatable bonds is 17. The van der Waals surface area contributed by atoms with Gasteiger partial charge in [-0.25, -0.2) is 9.59 Å². The van der Waals surface area contributed by atoms with E-state index in [1.54, 1.807) is 20.8 Å². The minimum absolute atomic E-state index is 0.0269. The summed E-state index contributed by atoms with van der Waals surface area (Å²) in [5.74, 6) is -3.18. The number of hydrogen-bond donors (Lipinski definition) is 4. The molecule has 2 rings (SSSR count). The van der Waals surface area contributed by atoms with Crippen molar-refractivity contribution in [2.24, 2.45) is 17.3 Å². The fourth-order valence-corrected chi connectivity index (χ4v) is 5.72. The Bertz CT molecular complexity index is 1210. The van der Waals surface area contributed by atoms with E-state index < -0.39 is 77.8 Å². The zero-order valence-electron chi connectivity index (χ0n) is 29.4. The zero-order valence-corrected chi connectivity index (χ0v) is 29.4. The Morgan fingerprint density at radius 3 is 2.24 bits per heavy atom. The predicted octanol–water partition coefficient (Wildman–Crippen LogP) is 3.28. The monoisotopic (exact) mass is 702 g/mol. The largest absolute Gasteiger partial charge is 0.448 e. The SMILES string of the molecule is C=CCNC(=O)C(=O)C(CCCCC(F)(F)F)NC(=O)[C@@H]1CCCN1C(=O)[C@@H](NC(=O)N[C@H](CN1CCOC1=O)C(C)C(C)C)C(C)(C)C. The number of alkyl halides is 3. The summed E-state index contributed by atoms with van der Waals surface area (Å²) in [6, 6.07) is -4.62. The van der Waals surface area contributed by atoms with Crippen LogP contribution in [0.2, 0.25) is 0 Å². The van der Waals surface area contributed by atoms with Crippen molar-refractivity contribution in [2.45, 2.75) is 110 Å². The van der Waals surface area contributed by atoms with Crippen LogP contribution in [-0.2, 0) is 23.9 Å². The molecule has 0 bridgehead atoms. The van der Waals surface area contributed by atoms with Crippen LogP contribution in [0, 0.1) is 17.3 Å². The Hall–Kier alpha value is -3.85. The lowest BCUT2D eigenvalue weighted by Gasteiger charge is -2.36. The van der Waals surface area contributed by atoms with E-state index in [2.05, 4.69) is 27.8 Å². The number of carbonyl (C=O) groups excluding carboxylic acids is 6. The van der Waals surface area contributed by atoms with E-state index in [1.165, 1.54) is 15.9 Å². The van der Waals surface area contributed by atoms with Crippen molar-refractivity contribution >= 4 is 35.6 Å². The molecule has 13 nitrogen and oxygen atoms in total. The topological polar surface area (TPSA) is 166 Å². The van der Waals surface area contributed by atoms with Gasteiger partial charge in [0.15, 0.2) is 0 Å². The molecule has 2 fully saturated rings. The Morgan fingerprint density at radius 1 is 1.02 bits per heavy atom. The summed E-state index contributed by atoms with van der Waals surface area (Å²) in [5.41, 5.74) is -0.809. The van der Waals surface area contributed by atoms with E-state index in [-0.39, 0.29) is 63.8 Å². The number of halogens is 3. The number of ether oxygens (including phenoxy) is 1. The van der Waals surface area contributed by atoms with Gasteiger partial charge >= 0.3 is 18.3 Å². The van der Waals surface area contributed by atoms with Gasteiger partial charge in [0.1, 0.15) is 18.7 Å². The first-order valence-electron chi connectivity index (χ1n) is 16.9. The number of nitrogens with zero attached hydrogens (tertiary/aromatic N) is 2. The third-order valence-corrected chi connectivity index (χ3v) is 8.96. The highest BCUT2D eigenvalue weighted by atomic mass is 19.4. The molecule has 0 aliphatic carbocycles. The molecule has 2 aliphatic heterocycles. The smallest absolute Gasteiger partial charge is 0.410 e. The number of nitrogens with one attached hydrogen (secondary N) is 4. The van der Waals surface area contributed by atoms with Gasteiger partial charge in [0.25, 0.3) is 5.91 Å². The quantitative estimate of drug-likeness (QED) is 0.103. The highest BCUT2D eigenvalue weighted by Gasteiger charge is 2.43. The molecule has 4 N–H and O–H groups in total. The van der Waals surface area contributed by atoms with Gasteiger partial charge in [-0.05, 0) is 42.9 Å². The van der Waals surface area contributed by atoms with Crippen molar-refractivity contribution in [1.29, 1.82) is 0 Å². The molecule has 0 saturated carbocycles. The lowest BCUT2D eigenvalue weighted by Crippen LogP contribution is -2.61. The van der Waals surface area contributed by atoms with Crippen molar-refractivity contribution < 1.29 is 46.7 Å². The molecule has 0 aromatic carbocycles. The highest BCUT2D eigenvalue weighted by molar-refractivity contribution is 6.38. The molecule has 2 saturated heterocycles. The predicted molar refractivity (Wildman–Crippen MR) is 175 cm³/mol. The van der Waals surface area contributed by atoms with Crippen LogP contribution in [0.5, 0.6) is 0 Å². The van der Waals surface area contributed by atoms with Crippen LogP contribution in [0.25, 0.3) is 0 Å². The fourth-order valence-electron chi connectivity index (χ4n) is 5.72. The standard InChI is InChI=1S/C33H53F3N6O7/c1-8-15-37-28(45)25(43)22(12-9-10-14-33(34,35)36)38-27(44)24-13-11-16-42(24)29(46)26(32(5,6)7)40-30(47)39-23(21(4)20(2)3)19-41-17-18-49-31(41)48/h8,20-24,26H,1,9-19H2,2-7H3,(H,37,45)(H,38,44)(H2,39,40,47)/t21?,22?,23-,24+,26-/m1/s1. The number of hydrogen-bond acceptors (Lipinski definition) is 7. The summed E-state index contributed by atoms with van der Waals surface area (Å²) >= 11 is 0. The summed E-state index contributed by atoms with van der Waals surface area (Å²) in [4.78, 5) is 81.3. The van der Waals surface area contributed by atoms with E-state index in [0.717, 1.165) is 0 Å². The average Bonchev–Trinajstić information content (AvgIpc) is 3.66. The molecule has 2 aliphatic rings. The van der Waals surface area contributed by atoms with Gasteiger partial charge in [-0.15, -0.1) is 6.58 Å². The third kappa shape index (κ3) is 12.8. The second kappa shape index (κ2) is 18.2. The van der Waals surface area contributed by atoms with Gasteiger partial charge in [-0.1, -0.05) is 54.0 Å². The highest BCUT2D eigenvalue weighted by Crippen LogP contribution is 2.27. The summed E-state index contributed by atoms with van der Waals surface area (Å²) in [5, 5.41) is 10.5. The van der Waals surface area contributed by atoms with Crippen molar-refractivity contribution in [3.05, 3.63) is 12.7 Å². The third-order valence-electron chi connectivity index (χ3n) is 8.96. The Morgan fingerprint density at radius 2 is 1.69 bits per heavy atom. The van der Waals surface area contributed by atoms with Gasteiger partial charge in [0.05, 0.1) is 18.6 Å². The summed E-state index contributed by atoms with van der Waals surface area (Å²) < 4.78 is 43.1. The van der Waals surface area contributed by atoms with Gasteiger partial charge in [-0.2, -0.15) is 13.2 Å². The number of Topliss-reactive ketones (excluding diaryl/α,β-unsaturated/α-hetero) is 1. The molecule has 0 spiro atoms. The Labute approximate surface area is 286 Å². The van der Waals surface area contributed by atoms with Crippen molar-refractivity contribution in [1.82, 2.24) is 31.1 Å². The van der Waals surface area contributed by atoms with Crippen LogP contribution >= 0.6 is 0 Å². The molecular weight excluding hydrogens is 649 g/mol. The molecule has 49 heavy (non-hydrogen) atoms. The number of urea groups is 1. The molecule has 2 heterocycles. The normalized spacial score (nSPS) is 19.1.